The van der Waals surface area contributed by atoms with Gasteiger partial charge in [-0.25, -0.2) is 9.97 Å². The van der Waals surface area contributed by atoms with Gasteiger partial charge in [0.15, 0.2) is 11.6 Å². The number of para-hydroxylation sites is 1. The van der Waals surface area contributed by atoms with E-state index in [1.807, 2.05) is 18.2 Å². The van der Waals surface area contributed by atoms with Gasteiger partial charge in [-0.05, 0) is 30.3 Å². The van der Waals surface area contributed by atoms with Gasteiger partial charge >= 0.3 is 0 Å². The normalized spacial score (nSPS) is 11.8. The minimum Gasteiger partial charge on any atom is -0.292 e. The van der Waals surface area contributed by atoms with Crippen LogP contribution in [0.2, 0.25) is 0 Å². The number of rotatable bonds is 2. The quantitative estimate of drug-likeness (QED) is 0.236. The highest BCUT2D eigenvalue weighted by Crippen LogP contribution is 2.40. The number of nitrogens with zero attached hydrogens (tertiary/aromatic N) is 3. The fourth-order valence-electron chi connectivity index (χ4n) is 4.62. The molecule has 33 heavy (non-hydrogen) atoms. The van der Waals surface area contributed by atoms with Crippen LogP contribution in [-0.2, 0) is 0 Å². The van der Waals surface area contributed by atoms with Crippen molar-refractivity contribution in [3.8, 4) is 17.2 Å². The zero-order chi connectivity index (χ0) is 21.9. The van der Waals surface area contributed by atoms with Crippen LogP contribution in [0.5, 0.6) is 0 Å². The Labute approximate surface area is 202 Å². The van der Waals surface area contributed by atoms with Crippen LogP contribution in [0.3, 0.4) is 0 Å². The van der Waals surface area contributed by atoms with Crippen LogP contribution < -0.4 is 0 Å². The first-order chi connectivity index (χ1) is 16.3. The fraction of sp³-hybridized carbons (Fsp3) is 0. The standard InChI is InChI=1S/C28H16BrN3S/c29-18-14-15-23-21(16-18)19-10-4-6-12-22(19)32(23)28-26-25(20-11-5-7-13-24(20)33-26)30-27(31-28)17-8-2-1-3-9-17/h1-16H. The summed E-state index contributed by atoms with van der Waals surface area (Å²) >= 11 is 5.41. The Balaban J connectivity index is 1.69. The molecule has 0 saturated carbocycles. The van der Waals surface area contributed by atoms with E-state index in [4.69, 9.17) is 9.97 Å². The molecule has 0 bridgehead atoms. The average molecular weight is 506 g/mol. The number of halogens is 1. The maximum absolute atomic E-state index is 5.18. The molecule has 3 aromatic heterocycles. The van der Waals surface area contributed by atoms with Crippen LogP contribution in [-0.4, -0.2) is 14.5 Å². The molecule has 0 aliphatic carbocycles. The van der Waals surface area contributed by atoms with Crippen molar-refractivity contribution in [2.75, 3.05) is 0 Å². The third-order valence-electron chi connectivity index (χ3n) is 6.08. The van der Waals surface area contributed by atoms with E-state index in [1.165, 1.54) is 20.9 Å². The molecule has 0 amide bonds. The molecular weight excluding hydrogens is 490 g/mol. The van der Waals surface area contributed by atoms with Crippen LogP contribution in [0.4, 0.5) is 0 Å². The Hall–Kier alpha value is -3.54. The highest BCUT2D eigenvalue weighted by Gasteiger charge is 2.20. The zero-order valence-electron chi connectivity index (χ0n) is 17.4. The van der Waals surface area contributed by atoms with Crippen molar-refractivity contribution in [1.82, 2.24) is 14.5 Å². The van der Waals surface area contributed by atoms with Gasteiger partial charge in [0.1, 0.15) is 0 Å². The van der Waals surface area contributed by atoms with E-state index in [0.29, 0.717) is 0 Å². The first-order valence-corrected chi connectivity index (χ1v) is 12.3. The second-order valence-corrected chi connectivity index (χ2v) is 9.99. The topological polar surface area (TPSA) is 30.7 Å². The number of fused-ring (bicyclic) bond motifs is 6. The molecule has 7 rings (SSSR count). The monoisotopic (exact) mass is 505 g/mol. The number of benzene rings is 4. The molecule has 0 N–H and O–H groups in total. The third kappa shape index (κ3) is 2.86. The van der Waals surface area contributed by atoms with E-state index < -0.39 is 0 Å². The van der Waals surface area contributed by atoms with E-state index in [0.717, 1.165) is 42.9 Å². The Kier molecular flexibility index (Phi) is 4.16. The Morgan fingerprint density at radius 1 is 0.667 bits per heavy atom. The SMILES string of the molecule is Brc1ccc2c(c1)c1ccccc1n2-c1nc(-c2ccccc2)nc2c1sc1ccccc12. The maximum Gasteiger partial charge on any atom is 0.162 e. The molecular formula is C28H16BrN3S. The van der Waals surface area contributed by atoms with E-state index in [-0.39, 0.29) is 0 Å². The predicted molar refractivity (Wildman–Crippen MR) is 142 cm³/mol. The molecule has 0 saturated heterocycles. The largest absolute Gasteiger partial charge is 0.292 e. The smallest absolute Gasteiger partial charge is 0.162 e. The van der Waals surface area contributed by atoms with Crippen LogP contribution in [0.25, 0.3) is 59.3 Å². The summed E-state index contributed by atoms with van der Waals surface area (Å²) in [5, 5.41) is 3.58. The minimum absolute atomic E-state index is 0.740. The molecule has 3 nitrogen and oxygen atoms in total. The Morgan fingerprint density at radius 2 is 1.39 bits per heavy atom. The average Bonchev–Trinajstić information content (AvgIpc) is 3.40. The number of thiophene rings is 1. The third-order valence-corrected chi connectivity index (χ3v) is 7.73. The molecule has 0 fully saturated rings. The second-order valence-electron chi connectivity index (χ2n) is 8.03. The lowest BCUT2D eigenvalue weighted by atomic mass is 10.2. The summed E-state index contributed by atoms with van der Waals surface area (Å²) in [7, 11) is 0. The van der Waals surface area contributed by atoms with Crippen LogP contribution in [0, 0.1) is 0 Å². The van der Waals surface area contributed by atoms with Gasteiger partial charge in [-0.15, -0.1) is 11.3 Å². The van der Waals surface area contributed by atoms with Crippen LogP contribution in [0.1, 0.15) is 0 Å². The summed E-state index contributed by atoms with van der Waals surface area (Å²) in [5.41, 5.74) is 4.29. The summed E-state index contributed by atoms with van der Waals surface area (Å²) in [6, 6.07) is 33.7. The molecule has 0 atom stereocenters. The predicted octanol–water partition coefficient (Wildman–Crippen LogP) is 8.37. The molecule has 7 aromatic rings. The van der Waals surface area contributed by atoms with Crippen molar-refractivity contribution in [2.24, 2.45) is 0 Å². The van der Waals surface area contributed by atoms with E-state index in [2.05, 4.69) is 99.4 Å². The van der Waals surface area contributed by atoms with Crippen molar-refractivity contribution in [3.05, 3.63) is 102 Å². The van der Waals surface area contributed by atoms with Gasteiger partial charge in [-0.2, -0.15) is 0 Å². The lowest BCUT2D eigenvalue weighted by Crippen LogP contribution is -2.01. The van der Waals surface area contributed by atoms with Crippen molar-refractivity contribution in [2.45, 2.75) is 0 Å². The van der Waals surface area contributed by atoms with Gasteiger partial charge in [0.25, 0.3) is 0 Å². The summed E-state index contributed by atoms with van der Waals surface area (Å²) in [4.78, 5) is 10.2. The fourth-order valence-corrected chi connectivity index (χ4v) is 6.10. The van der Waals surface area contributed by atoms with Gasteiger partial charge in [0, 0.05) is 30.9 Å². The van der Waals surface area contributed by atoms with E-state index in [1.54, 1.807) is 11.3 Å². The molecule has 4 aromatic carbocycles. The van der Waals surface area contributed by atoms with Crippen molar-refractivity contribution < 1.29 is 0 Å². The van der Waals surface area contributed by atoms with Crippen molar-refractivity contribution in [3.63, 3.8) is 0 Å². The minimum atomic E-state index is 0.740. The first-order valence-electron chi connectivity index (χ1n) is 10.7. The number of hydrogen-bond acceptors (Lipinski definition) is 3. The van der Waals surface area contributed by atoms with Gasteiger partial charge < -0.3 is 0 Å². The zero-order valence-corrected chi connectivity index (χ0v) is 19.8. The summed E-state index contributed by atoms with van der Waals surface area (Å²) in [6.07, 6.45) is 0. The second kappa shape index (κ2) is 7.24. The molecule has 3 heterocycles. The number of hydrogen-bond donors (Lipinski definition) is 0. The van der Waals surface area contributed by atoms with E-state index in [9.17, 15) is 0 Å². The van der Waals surface area contributed by atoms with Gasteiger partial charge in [-0.3, -0.25) is 4.57 Å². The molecule has 5 heteroatoms. The Morgan fingerprint density at radius 3 is 2.27 bits per heavy atom. The van der Waals surface area contributed by atoms with Gasteiger partial charge in [0.2, 0.25) is 0 Å². The summed E-state index contributed by atoms with van der Waals surface area (Å²) in [6.45, 7) is 0. The van der Waals surface area contributed by atoms with E-state index >= 15 is 0 Å². The van der Waals surface area contributed by atoms with Crippen molar-refractivity contribution >= 4 is 69.4 Å². The van der Waals surface area contributed by atoms with Crippen LogP contribution in [0.15, 0.2) is 102 Å². The van der Waals surface area contributed by atoms with Gasteiger partial charge in [0.05, 0.1) is 21.3 Å². The lowest BCUT2D eigenvalue weighted by Gasteiger charge is -2.10. The van der Waals surface area contributed by atoms with Crippen molar-refractivity contribution in [1.29, 1.82) is 0 Å². The summed E-state index contributed by atoms with van der Waals surface area (Å²) < 4.78 is 5.68. The summed E-state index contributed by atoms with van der Waals surface area (Å²) in [5.74, 6) is 1.67. The Bertz CT molecular complexity index is 1830. The molecule has 0 aliphatic rings. The molecule has 0 unspecified atom stereocenters. The molecule has 0 aliphatic heterocycles. The molecule has 0 spiro atoms. The number of aromatic nitrogens is 3. The molecule has 0 radical (unpaired) electrons. The lowest BCUT2D eigenvalue weighted by molar-refractivity contribution is 1.08. The van der Waals surface area contributed by atoms with Gasteiger partial charge in [-0.1, -0.05) is 82.7 Å². The highest BCUT2D eigenvalue weighted by molar-refractivity contribution is 9.10. The first kappa shape index (κ1) is 19.0. The maximum atomic E-state index is 5.18. The highest BCUT2D eigenvalue weighted by atomic mass is 79.9. The van der Waals surface area contributed by atoms with Crippen LogP contribution >= 0.6 is 27.3 Å². The molecule has 156 valence electrons.